The highest BCUT2D eigenvalue weighted by atomic mass is 19.4. The lowest BCUT2D eigenvalue weighted by Gasteiger charge is -2.30. The van der Waals surface area contributed by atoms with Crippen LogP contribution in [0.1, 0.15) is 35.3 Å². The van der Waals surface area contributed by atoms with E-state index in [1.54, 1.807) is 4.90 Å². The van der Waals surface area contributed by atoms with Crippen molar-refractivity contribution in [1.29, 1.82) is 0 Å². The van der Waals surface area contributed by atoms with Gasteiger partial charge in [-0.05, 0) is 31.4 Å². The number of hydroxylamine groups is 2. The van der Waals surface area contributed by atoms with Gasteiger partial charge >= 0.3 is 6.18 Å². The molecule has 0 bridgehead atoms. The number of halogens is 3. The van der Waals surface area contributed by atoms with Gasteiger partial charge in [-0.25, -0.2) is 10.0 Å². The number of pyridine rings is 1. The second-order valence-corrected chi connectivity index (χ2v) is 5.10. The van der Waals surface area contributed by atoms with Crippen molar-refractivity contribution in [3.8, 4) is 0 Å². The van der Waals surface area contributed by atoms with E-state index in [9.17, 15) is 18.0 Å². The maximum atomic E-state index is 12.9. The van der Waals surface area contributed by atoms with Gasteiger partial charge < -0.3 is 4.90 Å². The first-order valence-electron chi connectivity index (χ1n) is 7.00. The number of carbonyl (C=O) groups excluding carboxylic acids is 1. The first-order chi connectivity index (χ1) is 10.3. The van der Waals surface area contributed by atoms with Gasteiger partial charge in [0.05, 0.1) is 12.7 Å². The number of hydrogen-bond donors (Lipinski definition) is 0. The molecule has 8 heteroatoms. The molecule has 0 N–H and O–H groups in total. The largest absolute Gasteiger partial charge is 0.433 e. The highest BCUT2D eigenvalue weighted by Crippen LogP contribution is 2.31. The fourth-order valence-electron chi connectivity index (χ4n) is 2.37. The summed E-state index contributed by atoms with van der Waals surface area (Å²) >= 11 is 0. The summed E-state index contributed by atoms with van der Waals surface area (Å²) in [5, 5.41) is 0.970. The SMILES string of the molecule is CON(C)C(=O)c1ccc(C(F)(F)F)nc1N1CCCCC1. The summed E-state index contributed by atoms with van der Waals surface area (Å²) in [5.41, 5.74) is -0.885. The molecule has 1 fully saturated rings. The lowest BCUT2D eigenvalue weighted by molar-refractivity contribution is -0.141. The molecule has 0 atom stereocenters. The molecule has 1 amide bonds. The zero-order chi connectivity index (χ0) is 16.3. The summed E-state index contributed by atoms with van der Waals surface area (Å²) < 4.78 is 38.7. The molecule has 2 rings (SSSR count). The molecule has 0 saturated carbocycles. The maximum absolute atomic E-state index is 12.9. The van der Waals surface area contributed by atoms with Crippen LogP contribution in [0.4, 0.5) is 19.0 Å². The Morgan fingerprint density at radius 3 is 2.45 bits per heavy atom. The smallest absolute Gasteiger partial charge is 0.356 e. The van der Waals surface area contributed by atoms with Crippen LogP contribution in [0.25, 0.3) is 0 Å². The second-order valence-electron chi connectivity index (χ2n) is 5.10. The van der Waals surface area contributed by atoms with Crippen LogP contribution < -0.4 is 4.90 Å². The predicted octanol–water partition coefficient (Wildman–Crippen LogP) is 2.72. The Bertz CT molecular complexity index is 543. The van der Waals surface area contributed by atoms with Gasteiger partial charge in [-0.1, -0.05) is 0 Å². The average molecular weight is 317 g/mol. The van der Waals surface area contributed by atoms with Crippen molar-refractivity contribution in [2.75, 3.05) is 32.1 Å². The summed E-state index contributed by atoms with van der Waals surface area (Å²) in [5.74, 6) is -0.451. The predicted molar refractivity (Wildman–Crippen MR) is 74.4 cm³/mol. The number of hydrogen-bond acceptors (Lipinski definition) is 4. The van der Waals surface area contributed by atoms with Gasteiger partial charge in [-0.3, -0.25) is 9.63 Å². The minimum absolute atomic E-state index is 0.0726. The molecule has 2 heterocycles. The van der Waals surface area contributed by atoms with E-state index in [2.05, 4.69) is 4.98 Å². The highest BCUT2D eigenvalue weighted by Gasteiger charge is 2.34. The first kappa shape index (κ1) is 16.5. The van der Waals surface area contributed by atoms with Crippen molar-refractivity contribution < 1.29 is 22.8 Å². The number of amides is 1. The van der Waals surface area contributed by atoms with Crippen LogP contribution in [0, 0.1) is 0 Å². The van der Waals surface area contributed by atoms with E-state index in [1.807, 2.05) is 0 Å². The molecule has 0 unspecified atom stereocenters. The zero-order valence-corrected chi connectivity index (χ0v) is 12.5. The Labute approximate surface area is 126 Å². The van der Waals surface area contributed by atoms with Gasteiger partial charge in [-0.15, -0.1) is 0 Å². The fraction of sp³-hybridized carbons (Fsp3) is 0.571. The van der Waals surface area contributed by atoms with E-state index in [0.29, 0.717) is 13.1 Å². The third-order valence-electron chi connectivity index (χ3n) is 3.61. The normalized spacial score (nSPS) is 15.8. The van der Waals surface area contributed by atoms with E-state index in [4.69, 9.17) is 4.84 Å². The minimum Gasteiger partial charge on any atom is -0.356 e. The Hall–Kier alpha value is -1.83. The molecule has 0 aliphatic carbocycles. The number of carbonyl (C=O) groups is 1. The Morgan fingerprint density at radius 1 is 1.27 bits per heavy atom. The molecular formula is C14H18F3N3O2. The number of alkyl halides is 3. The molecule has 1 aliphatic rings. The molecule has 1 aliphatic heterocycles. The van der Waals surface area contributed by atoms with Crippen molar-refractivity contribution in [2.24, 2.45) is 0 Å². The molecular weight excluding hydrogens is 299 g/mol. The van der Waals surface area contributed by atoms with Gasteiger partial charge in [0.25, 0.3) is 5.91 Å². The Kier molecular flexibility index (Phi) is 4.90. The van der Waals surface area contributed by atoms with E-state index in [1.165, 1.54) is 14.2 Å². The fourth-order valence-corrected chi connectivity index (χ4v) is 2.37. The van der Waals surface area contributed by atoms with Crippen LogP contribution in [0.15, 0.2) is 12.1 Å². The van der Waals surface area contributed by atoms with E-state index >= 15 is 0 Å². The lowest BCUT2D eigenvalue weighted by atomic mass is 10.1. The van der Waals surface area contributed by atoms with Crippen LogP contribution in [0.3, 0.4) is 0 Å². The maximum Gasteiger partial charge on any atom is 0.433 e. The number of anilines is 1. The molecule has 1 aromatic heterocycles. The van der Waals surface area contributed by atoms with E-state index < -0.39 is 17.8 Å². The van der Waals surface area contributed by atoms with Crippen LogP contribution in [-0.4, -0.2) is 43.2 Å². The molecule has 22 heavy (non-hydrogen) atoms. The number of piperidine rings is 1. The Balaban J connectivity index is 2.45. The third-order valence-corrected chi connectivity index (χ3v) is 3.61. The van der Waals surface area contributed by atoms with Gasteiger partial charge in [0.15, 0.2) is 0 Å². The second kappa shape index (κ2) is 6.51. The van der Waals surface area contributed by atoms with E-state index in [0.717, 1.165) is 36.5 Å². The molecule has 1 saturated heterocycles. The summed E-state index contributed by atoms with van der Waals surface area (Å²) in [6.07, 6.45) is -1.78. The lowest BCUT2D eigenvalue weighted by Crippen LogP contribution is -2.34. The summed E-state index contributed by atoms with van der Waals surface area (Å²) in [4.78, 5) is 22.5. The van der Waals surface area contributed by atoms with Crippen molar-refractivity contribution in [3.05, 3.63) is 23.4 Å². The summed E-state index contributed by atoms with van der Waals surface area (Å²) in [6.45, 7) is 1.18. The third kappa shape index (κ3) is 3.49. The van der Waals surface area contributed by atoms with Gasteiger partial charge in [0, 0.05) is 20.1 Å². The highest BCUT2D eigenvalue weighted by molar-refractivity contribution is 5.98. The molecule has 0 radical (unpaired) electrons. The van der Waals surface area contributed by atoms with E-state index in [-0.39, 0.29) is 11.4 Å². The summed E-state index contributed by atoms with van der Waals surface area (Å²) in [6, 6.07) is 1.99. The van der Waals surface area contributed by atoms with Crippen molar-refractivity contribution in [2.45, 2.75) is 25.4 Å². The standard InChI is InChI=1S/C14H18F3N3O2/c1-19(22-2)13(21)10-6-7-11(14(15,16)17)18-12(10)20-8-4-3-5-9-20/h6-7H,3-5,8-9H2,1-2H3. The quantitative estimate of drug-likeness (QED) is 0.804. The average Bonchev–Trinajstić information content (AvgIpc) is 2.52. The van der Waals surface area contributed by atoms with Gasteiger partial charge in [0.2, 0.25) is 0 Å². The van der Waals surface area contributed by atoms with Crippen LogP contribution >= 0.6 is 0 Å². The monoisotopic (exact) mass is 317 g/mol. The van der Waals surface area contributed by atoms with Gasteiger partial charge in [-0.2, -0.15) is 13.2 Å². The number of aromatic nitrogens is 1. The van der Waals surface area contributed by atoms with Crippen LogP contribution in [-0.2, 0) is 11.0 Å². The van der Waals surface area contributed by atoms with Crippen LogP contribution in [0.5, 0.6) is 0 Å². The molecule has 122 valence electrons. The Morgan fingerprint density at radius 2 is 1.91 bits per heavy atom. The van der Waals surface area contributed by atoms with Gasteiger partial charge in [0.1, 0.15) is 11.5 Å². The number of nitrogens with zero attached hydrogens (tertiary/aromatic N) is 3. The zero-order valence-electron chi connectivity index (χ0n) is 12.5. The summed E-state index contributed by atoms with van der Waals surface area (Å²) in [7, 11) is 2.72. The molecule has 1 aromatic rings. The van der Waals surface area contributed by atoms with Crippen molar-refractivity contribution >= 4 is 11.7 Å². The minimum atomic E-state index is -4.54. The molecule has 0 aromatic carbocycles. The van der Waals surface area contributed by atoms with Crippen molar-refractivity contribution in [3.63, 3.8) is 0 Å². The number of rotatable bonds is 3. The molecule has 5 nitrogen and oxygen atoms in total. The van der Waals surface area contributed by atoms with Crippen LogP contribution in [0.2, 0.25) is 0 Å². The topological polar surface area (TPSA) is 45.7 Å². The molecule has 0 spiro atoms. The first-order valence-corrected chi connectivity index (χ1v) is 7.00. The van der Waals surface area contributed by atoms with Crippen molar-refractivity contribution in [1.82, 2.24) is 10.0 Å².